The van der Waals surface area contributed by atoms with E-state index in [1.54, 1.807) is 47.4 Å². The van der Waals surface area contributed by atoms with Gasteiger partial charge in [0.1, 0.15) is 17.6 Å². The summed E-state index contributed by atoms with van der Waals surface area (Å²) in [4.78, 5) is 15.9. The lowest BCUT2D eigenvalue weighted by molar-refractivity contribution is -0.135. The smallest absolute Gasteiger partial charge is 0.260 e. The maximum atomic E-state index is 14.0. The number of halogens is 2. The fourth-order valence-electron chi connectivity index (χ4n) is 3.04. The normalized spacial score (nSPS) is 15.8. The number of benzene rings is 2. The first-order valence-electron chi connectivity index (χ1n) is 8.62. The van der Waals surface area contributed by atoms with E-state index in [1.165, 1.54) is 6.07 Å². The van der Waals surface area contributed by atoms with Crippen LogP contribution >= 0.6 is 11.6 Å². The van der Waals surface area contributed by atoms with Gasteiger partial charge in [0.2, 0.25) is 0 Å². The highest BCUT2D eigenvalue weighted by Crippen LogP contribution is 2.24. The van der Waals surface area contributed by atoms with Crippen LogP contribution in [0.15, 0.2) is 48.5 Å². The van der Waals surface area contributed by atoms with Crippen LogP contribution in [0.1, 0.15) is 11.6 Å². The number of nitriles is 1. The molecule has 2 aromatic rings. The SMILES string of the molecule is N#CC(c1ccccc1F)N1CCN(C(=O)COc2ccc(Cl)cc2)CC1. The van der Waals surface area contributed by atoms with Crippen molar-refractivity contribution in [3.05, 3.63) is 64.9 Å². The van der Waals surface area contributed by atoms with Crippen LogP contribution < -0.4 is 4.74 Å². The molecule has 1 heterocycles. The summed E-state index contributed by atoms with van der Waals surface area (Å²) in [5.74, 6) is 0.0680. The quantitative estimate of drug-likeness (QED) is 0.790. The fourth-order valence-corrected chi connectivity index (χ4v) is 3.17. The Hall–Kier alpha value is -2.62. The van der Waals surface area contributed by atoms with Gasteiger partial charge in [0.15, 0.2) is 6.61 Å². The van der Waals surface area contributed by atoms with Gasteiger partial charge >= 0.3 is 0 Å². The number of ether oxygens (including phenoxy) is 1. The van der Waals surface area contributed by atoms with Gasteiger partial charge in [-0.2, -0.15) is 5.26 Å². The van der Waals surface area contributed by atoms with E-state index in [0.717, 1.165) is 0 Å². The molecule has 1 unspecified atom stereocenters. The van der Waals surface area contributed by atoms with E-state index < -0.39 is 6.04 Å². The molecule has 7 heteroatoms. The van der Waals surface area contributed by atoms with Crippen LogP contribution in [0.2, 0.25) is 5.02 Å². The number of hydrogen-bond donors (Lipinski definition) is 0. The summed E-state index contributed by atoms with van der Waals surface area (Å²) in [5.41, 5.74) is 0.367. The molecule has 1 aliphatic heterocycles. The number of carbonyl (C=O) groups excluding carboxylic acids is 1. The Bertz CT molecular complexity index is 830. The molecule has 1 atom stereocenters. The van der Waals surface area contributed by atoms with E-state index in [1.807, 2.05) is 4.90 Å². The second-order valence-corrected chi connectivity index (χ2v) is 6.65. The molecule has 1 fully saturated rings. The zero-order chi connectivity index (χ0) is 19.2. The standard InChI is InChI=1S/C20H19ClFN3O2/c21-15-5-7-16(8-6-15)27-14-20(26)25-11-9-24(10-12-25)19(13-23)17-3-1-2-4-18(17)22/h1-8,19H,9-12,14H2. The van der Waals surface area contributed by atoms with Crippen molar-refractivity contribution in [3.8, 4) is 11.8 Å². The van der Waals surface area contributed by atoms with E-state index in [0.29, 0.717) is 42.5 Å². The number of hydrogen-bond acceptors (Lipinski definition) is 4. The predicted molar refractivity (Wildman–Crippen MR) is 99.9 cm³/mol. The highest BCUT2D eigenvalue weighted by atomic mass is 35.5. The molecule has 0 radical (unpaired) electrons. The molecule has 5 nitrogen and oxygen atoms in total. The molecule has 0 aromatic heterocycles. The van der Waals surface area contributed by atoms with Crippen molar-refractivity contribution in [1.29, 1.82) is 5.26 Å². The Morgan fingerprint density at radius 2 is 1.81 bits per heavy atom. The number of nitrogens with zero attached hydrogens (tertiary/aromatic N) is 3. The molecule has 1 amide bonds. The Balaban J connectivity index is 1.53. The van der Waals surface area contributed by atoms with Gasteiger partial charge < -0.3 is 9.64 Å². The second kappa shape index (κ2) is 8.85. The first-order valence-corrected chi connectivity index (χ1v) is 9.00. The Kier molecular flexibility index (Phi) is 6.28. The average Bonchev–Trinajstić information content (AvgIpc) is 2.70. The first-order chi connectivity index (χ1) is 13.1. The van der Waals surface area contributed by atoms with Crippen LogP contribution in [-0.4, -0.2) is 48.5 Å². The van der Waals surface area contributed by atoms with Crippen molar-refractivity contribution >= 4 is 17.5 Å². The van der Waals surface area contributed by atoms with Crippen molar-refractivity contribution < 1.29 is 13.9 Å². The van der Waals surface area contributed by atoms with Gasteiger partial charge in [0.25, 0.3) is 5.91 Å². The first kappa shape index (κ1) is 19.2. The molecule has 3 rings (SSSR count). The summed E-state index contributed by atoms with van der Waals surface area (Å²) in [6.07, 6.45) is 0. The molecule has 0 N–H and O–H groups in total. The van der Waals surface area contributed by atoms with E-state index >= 15 is 0 Å². The van der Waals surface area contributed by atoms with E-state index in [-0.39, 0.29) is 18.3 Å². The van der Waals surface area contributed by atoms with Gasteiger partial charge in [0.05, 0.1) is 6.07 Å². The van der Waals surface area contributed by atoms with Crippen molar-refractivity contribution in [3.63, 3.8) is 0 Å². The van der Waals surface area contributed by atoms with E-state index in [2.05, 4.69) is 6.07 Å². The van der Waals surface area contributed by atoms with Gasteiger partial charge in [0, 0.05) is 36.8 Å². The van der Waals surface area contributed by atoms with Gasteiger partial charge in [-0.15, -0.1) is 0 Å². The molecule has 1 saturated heterocycles. The van der Waals surface area contributed by atoms with Crippen LogP contribution in [-0.2, 0) is 4.79 Å². The number of rotatable bonds is 5. The minimum Gasteiger partial charge on any atom is -0.484 e. The van der Waals surface area contributed by atoms with Crippen LogP contribution in [0.3, 0.4) is 0 Å². The minimum absolute atomic E-state index is 0.0589. The third-order valence-corrected chi connectivity index (χ3v) is 4.78. The predicted octanol–water partition coefficient (Wildman–Crippen LogP) is 3.27. The summed E-state index contributed by atoms with van der Waals surface area (Å²) in [6.45, 7) is 1.88. The van der Waals surface area contributed by atoms with Gasteiger partial charge in [-0.25, -0.2) is 4.39 Å². The summed E-state index contributed by atoms with van der Waals surface area (Å²) in [7, 11) is 0. The third kappa shape index (κ3) is 4.76. The molecular formula is C20H19ClFN3O2. The van der Waals surface area contributed by atoms with Crippen molar-refractivity contribution in [2.75, 3.05) is 32.8 Å². The zero-order valence-electron chi connectivity index (χ0n) is 14.6. The molecule has 27 heavy (non-hydrogen) atoms. The minimum atomic E-state index is -0.659. The number of piperazine rings is 1. The summed E-state index contributed by atoms with van der Waals surface area (Å²) in [5, 5.41) is 10.1. The molecule has 140 valence electrons. The monoisotopic (exact) mass is 387 g/mol. The molecule has 0 aliphatic carbocycles. The van der Waals surface area contributed by atoms with Crippen molar-refractivity contribution in [2.24, 2.45) is 0 Å². The van der Waals surface area contributed by atoms with Gasteiger partial charge in [-0.05, 0) is 30.3 Å². The van der Waals surface area contributed by atoms with E-state index in [4.69, 9.17) is 16.3 Å². The lowest BCUT2D eigenvalue weighted by Crippen LogP contribution is -2.50. The summed E-state index contributed by atoms with van der Waals surface area (Å²) in [6, 6.07) is 14.6. The highest BCUT2D eigenvalue weighted by Gasteiger charge is 2.28. The van der Waals surface area contributed by atoms with Crippen LogP contribution in [0.4, 0.5) is 4.39 Å². The molecule has 2 aromatic carbocycles. The largest absolute Gasteiger partial charge is 0.484 e. The van der Waals surface area contributed by atoms with Crippen LogP contribution in [0.25, 0.3) is 0 Å². The van der Waals surface area contributed by atoms with Crippen molar-refractivity contribution in [1.82, 2.24) is 9.80 Å². The van der Waals surface area contributed by atoms with Crippen molar-refractivity contribution in [2.45, 2.75) is 6.04 Å². The number of amides is 1. The third-order valence-electron chi connectivity index (χ3n) is 4.53. The maximum Gasteiger partial charge on any atom is 0.260 e. The Morgan fingerprint density at radius 1 is 1.15 bits per heavy atom. The van der Waals surface area contributed by atoms with Crippen LogP contribution in [0.5, 0.6) is 5.75 Å². The van der Waals surface area contributed by atoms with Crippen LogP contribution in [0, 0.1) is 17.1 Å². The number of carbonyl (C=O) groups is 1. The second-order valence-electron chi connectivity index (χ2n) is 6.21. The zero-order valence-corrected chi connectivity index (χ0v) is 15.4. The molecule has 1 aliphatic rings. The topological polar surface area (TPSA) is 56.6 Å². The van der Waals surface area contributed by atoms with E-state index in [9.17, 15) is 14.4 Å². The van der Waals surface area contributed by atoms with Gasteiger partial charge in [-0.1, -0.05) is 29.8 Å². The Morgan fingerprint density at radius 3 is 2.44 bits per heavy atom. The molecule has 0 bridgehead atoms. The molecule has 0 spiro atoms. The fraction of sp³-hybridized carbons (Fsp3) is 0.300. The molecule has 0 saturated carbocycles. The average molecular weight is 388 g/mol. The lowest BCUT2D eigenvalue weighted by atomic mass is 10.0. The lowest BCUT2D eigenvalue weighted by Gasteiger charge is -2.37. The summed E-state index contributed by atoms with van der Waals surface area (Å²) < 4.78 is 19.5. The Labute approximate surface area is 162 Å². The highest BCUT2D eigenvalue weighted by molar-refractivity contribution is 6.30. The van der Waals surface area contributed by atoms with Gasteiger partial charge in [-0.3, -0.25) is 9.69 Å². The maximum absolute atomic E-state index is 14.0. The molecular weight excluding hydrogens is 369 g/mol. The summed E-state index contributed by atoms with van der Waals surface area (Å²) >= 11 is 5.82.